The van der Waals surface area contributed by atoms with Crippen LogP contribution in [0.15, 0.2) is 0 Å². The fraction of sp³-hybridized carbons (Fsp3) is 1.00. The number of nitrogens with one attached hydrogen (secondary N) is 1. The van der Waals surface area contributed by atoms with Crippen LogP contribution in [0, 0.1) is 0 Å². The Labute approximate surface area is 93.2 Å². The van der Waals surface area contributed by atoms with Crippen LogP contribution in [0.3, 0.4) is 0 Å². The highest BCUT2D eigenvalue weighted by Crippen LogP contribution is 2.21. The summed E-state index contributed by atoms with van der Waals surface area (Å²) in [6.07, 6.45) is 5.67. The Morgan fingerprint density at radius 2 is 2.33 bits per heavy atom. The zero-order valence-corrected chi connectivity index (χ0v) is 10.1. The molecule has 1 fully saturated rings. The lowest BCUT2D eigenvalue weighted by Gasteiger charge is -2.25. The SMILES string of the molecule is CCCNCC(C)(O)CCC1CCCO1. The van der Waals surface area contributed by atoms with Crippen molar-refractivity contribution in [3.8, 4) is 0 Å². The van der Waals surface area contributed by atoms with Gasteiger partial charge in [0.25, 0.3) is 0 Å². The maximum atomic E-state index is 10.1. The molecule has 0 radical (unpaired) electrons. The predicted octanol–water partition coefficient (Wildman–Crippen LogP) is 1.70. The summed E-state index contributed by atoms with van der Waals surface area (Å²) in [5.41, 5.74) is -0.582. The van der Waals surface area contributed by atoms with E-state index in [9.17, 15) is 5.11 Å². The maximum Gasteiger partial charge on any atom is 0.0744 e. The molecule has 1 aliphatic rings. The van der Waals surface area contributed by atoms with Crippen molar-refractivity contribution in [2.45, 2.75) is 57.7 Å². The molecular weight excluding hydrogens is 190 g/mol. The Morgan fingerprint density at radius 3 is 2.93 bits per heavy atom. The van der Waals surface area contributed by atoms with Crippen molar-refractivity contribution in [3.63, 3.8) is 0 Å². The van der Waals surface area contributed by atoms with Gasteiger partial charge in [-0.25, -0.2) is 0 Å². The monoisotopic (exact) mass is 215 g/mol. The summed E-state index contributed by atoms with van der Waals surface area (Å²) in [7, 11) is 0. The fourth-order valence-corrected chi connectivity index (χ4v) is 1.97. The molecule has 0 aromatic heterocycles. The first-order chi connectivity index (χ1) is 7.14. The molecule has 0 bridgehead atoms. The summed E-state index contributed by atoms with van der Waals surface area (Å²) in [4.78, 5) is 0. The van der Waals surface area contributed by atoms with Gasteiger partial charge < -0.3 is 15.2 Å². The summed E-state index contributed by atoms with van der Waals surface area (Å²) >= 11 is 0. The summed E-state index contributed by atoms with van der Waals surface area (Å²) in [6, 6.07) is 0. The highest BCUT2D eigenvalue weighted by molar-refractivity contribution is 4.78. The van der Waals surface area contributed by atoms with Crippen molar-refractivity contribution in [1.82, 2.24) is 5.32 Å². The highest BCUT2D eigenvalue weighted by atomic mass is 16.5. The van der Waals surface area contributed by atoms with Crippen LogP contribution in [-0.4, -0.2) is 36.5 Å². The van der Waals surface area contributed by atoms with Crippen molar-refractivity contribution in [2.75, 3.05) is 19.7 Å². The highest BCUT2D eigenvalue weighted by Gasteiger charge is 2.23. The van der Waals surface area contributed by atoms with E-state index in [-0.39, 0.29) is 0 Å². The molecule has 0 aliphatic carbocycles. The fourth-order valence-electron chi connectivity index (χ4n) is 1.97. The number of ether oxygens (including phenoxy) is 1. The minimum atomic E-state index is -0.582. The van der Waals surface area contributed by atoms with E-state index >= 15 is 0 Å². The summed E-state index contributed by atoms with van der Waals surface area (Å²) in [5.74, 6) is 0. The third-order valence-corrected chi connectivity index (χ3v) is 2.96. The van der Waals surface area contributed by atoms with Crippen molar-refractivity contribution in [2.24, 2.45) is 0 Å². The second kappa shape index (κ2) is 6.46. The Balaban J connectivity index is 2.10. The molecule has 2 N–H and O–H groups in total. The van der Waals surface area contributed by atoms with Crippen molar-refractivity contribution in [1.29, 1.82) is 0 Å². The molecule has 3 heteroatoms. The standard InChI is InChI=1S/C12H25NO2/c1-3-8-13-10-12(2,14)7-6-11-5-4-9-15-11/h11,13-14H,3-10H2,1-2H3. The quantitative estimate of drug-likeness (QED) is 0.635. The zero-order valence-electron chi connectivity index (χ0n) is 10.1. The van der Waals surface area contributed by atoms with Crippen LogP contribution < -0.4 is 5.32 Å². The molecule has 1 aliphatic heterocycles. The van der Waals surface area contributed by atoms with Crippen LogP contribution in [0.2, 0.25) is 0 Å². The van der Waals surface area contributed by atoms with E-state index in [1.807, 2.05) is 6.92 Å². The van der Waals surface area contributed by atoms with Gasteiger partial charge in [-0.15, -0.1) is 0 Å². The van der Waals surface area contributed by atoms with Crippen LogP contribution in [0.1, 0.15) is 46.0 Å². The first-order valence-corrected chi connectivity index (χ1v) is 6.19. The first-order valence-electron chi connectivity index (χ1n) is 6.19. The second-order valence-electron chi connectivity index (χ2n) is 4.85. The van der Waals surface area contributed by atoms with Gasteiger partial charge in [0.05, 0.1) is 11.7 Å². The van der Waals surface area contributed by atoms with Gasteiger partial charge in [0.15, 0.2) is 0 Å². The number of aliphatic hydroxyl groups is 1. The van der Waals surface area contributed by atoms with E-state index < -0.39 is 5.60 Å². The van der Waals surface area contributed by atoms with Gasteiger partial charge >= 0.3 is 0 Å². The second-order valence-corrected chi connectivity index (χ2v) is 4.85. The van der Waals surface area contributed by atoms with E-state index in [0.717, 1.165) is 32.4 Å². The molecule has 2 atom stereocenters. The lowest BCUT2D eigenvalue weighted by atomic mass is 9.97. The Bertz CT molecular complexity index is 165. The molecule has 0 amide bonds. The van der Waals surface area contributed by atoms with E-state index in [4.69, 9.17) is 4.74 Å². The average molecular weight is 215 g/mol. The smallest absolute Gasteiger partial charge is 0.0744 e. The Kier molecular flexibility index (Phi) is 5.58. The van der Waals surface area contributed by atoms with Crippen LogP contribution in [0.25, 0.3) is 0 Å². The molecule has 0 spiro atoms. The summed E-state index contributed by atoms with van der Waals surface area (Å²) < 4.78 is 5.54. The van der Waals surface area contributed by atoms with E-state index in [2.05, 4.69) is 12.2 Å². The van der Waals surface area contributed by atoms with Gasteiger partial charge in [-0.05, 0) is 45.6 Å². The molecule has 15 heavy (non-hydrogen) atoms. The predicted molar refractivity (Wildman–Crippen MR) is 62.0 cm³/mol. The lowest BCUT2D eigenvalue weighted by molar-refractivity contribution is 0.0256. The molecule has 0 aromatic rings. The topological polar surface area (TPSA) is 41.5 Å². The van der Waals surface area contributed by atoms with Gasteiger partial charge in [-0.1, -0.05) is 6.92 Å². The van der Waals surface area contributed by atoms with Crippen molar-refractivity contribution in [3.05, 3.63) is 0 Å². The molecule has 2 unspecified atom stereocenters. The van der Waals surface area contributed by atoms with Crippen LogP contribution in [0.5, 0.6) is 0 Å². The first kappa shape index (κ1) is 12.9. The number of hydrogen-bond donors (Lipinski definition) is 2. The number of rotatable bonds is 7. The largest absolute Gasteiger partial charge is 0.389 e. The molecule has 1 rings (SSSR count). The maximum absolute atomic E-state index is 10.1. The molecule has 1 saturated heterocycles. The Hall–Kier alpha value is -0.120. The molecule has 0 saturated carbocycles. The van der Waals surface area contributed by atoms with Gasteiger partial charge in [0.2, 0.25) is 0 Å². The van der Waals surface area contributed by atoms with Gasteiger partial charge in [0, 0.05) is 13.2 Å². The third kappa shape index (κ3) is 5.50. The van der Waals surface area contributed by atoms with Crippen molar-refractivity contribution < 1.29 is 9.84 Å². The van der Waals surface area contributed by atoms with Gasteiger partial charge in [-0.2, -0.15) is 0 Å². The minimum absolute atomic E-state index is 0.391. The lowest BCUT2D eigenvalue weighted by Crippen LogP contribution is -2.38. The molecule has 3 nitrogen and oxygen atoms in total. The molecule has 1 heterocycles. The zero-order chi connectivity index (χ0) is 11.1. The van der Waals surface area contributed by atoms with Gasteiger partial charge in [-0.3, -0.25) is 0 Å². The third-order valence-electron chi connectivity index (χ3n) is 2.96. The summed E-state index contributed by atoms with van der Waals surface area (Å²) in [6.45, 7) is 6.61. The number of hydrogen-bond acceptors (Lipinski definition) is 3. The van der Waals surface area contributed by atoms with Crippen molar-refractivity contribution >= 4 is 0 Å². The van der Waals surface area contributed by atoms with Crippen LogP contribution >= 0.6 is 0 Å². The Morgan fingerprint density at radius 1 is 1.53 bits per heavy atom. The molecule has 0 aromatic carbocycles. The van der Waals surface area contributed by atoms with Crippen LogP contribution in [-0.2, 0) is 4.74 Å². The molecule has 90 valence electrons. The average Bonchev–Trinajstić information content (AvgIpc) is 2.68. The normalized spacial score (nSPS) is 25.4. The molecular formula is C12H25NO2. The minimum Gasteiger partial charge on any atom is -0.389 e. The van der Waals surface area contributed by atoms with E-state index in [0.29, 0.717) is 12.6 Å². The van der Waals surface area contributed by atoms with Gasteiger partial charge in [0.1, 0.15) is 0 Å². The summed E-state index contributed by atoms with van der Waals surface area (Å²) in [5, 5.41) is 13.3. The van der Waals surface area contributed by atoms with E-state index in [1.165, 1.54) is 12.8 Å². The van der Waals surface area contributed by atoms with E-state index in [1.54, 1.807) is 0 Å². The van der Waals surface area contributed by atoms with Crippen LogP contribution in [0.4, 0.5) is 0 Å².